The maximum absolute atomic E-state index is 3.76. The topological polar surface area (TPSA) is 15.3 Å². The highest BCUT2D eigenvalue weighted by molar-refractivity contribution is 4.85. The summed E-state index contributed by atoms with van der Waals surface area (Å²) in [6, 6.07) is 0.788. The second-order valence-corrected chi connectivity index (χ2v) is 6.44. The zero-order chi connectivity index (χ0) is 12.1. The molecule has 100 valence electrons. The second kappa shape index (κ2) is 6.75. The van der Waals surface area contributed by atoms with Crippen molar-refractivity contribution in [3.8, 4) is 0 Å². The van der Waals surface area contributed by atoms with Gasteiger partial charge in [0.25, 0.3) is 0 Å². The molecule has 2 rings (SSSR count). The molecule has 0 bridgehead atoms. The fourth-order valence-corrected chi connectivity index (χ4v) is 3.34. The molecule has 1 atom stereocenters. The van der Waals surface area contributed by atoms with Crippen LogP contribution in [0, 0.1) is 11.8 Å². The van der Waals surface area contributed by atoms with Crippen LogP contribution in [0.5, 0.6) is 0 Å². The van der Waals surface area contributed by atoms with Crippen molar-refractivity contribution in [1.82, 2.24) is 10.2 Å². The van der Waals surface area contributed by atoms with Crippen LogP contribution in [-0.4, -0.2) is 37.1 Å². The molecule has 0 aromatic carbocycles. The second-order valence-electron chi connectivity index (χ2n) is 6.44. The van der Waals surface area contributed by atoms with Gasteiger partial charge in [-0.25, -0.2) is 0 Å². The molecule has 0 aromatic heterocycles. The standard InChI is InChI=1S/C15H30N2/c1-13(2)8-10-17-11-9-16-15(12-17)14-6-4-3-5-7-14/h13-16H,3-12H2,1-2H3. The van der Waals surface area contributed by atoms with Gasteiger partial charge in [0.05, 0.1) is 0 Å². The first-order valence-electron chi connectivity index (χ1n) is 7.71. The molecule has 1 aliphatic heterocycles. The minimum absolute atomic E-state index is 0.788. The summed E-state index contributed by atoms with van der Waals surface area (Å²) in [5, 5.41) is 3.76. The van der Waals surface area contributed by atoms with Crippen LogP contribution in [0.4, 0.5) is 0 Å². The minimum atomic E-state index is 0.788. The number of rotatable bonds is 4. The zero-order valence-electron chi connectivity index (χ0n) is 11.8. The van der Waals surface area contributed by atoms with Gasteiger partial charge in [-0.2, -0.15) is 0 Å². The van der Waals surface area contributed by atoms with Crippen molar-refractivity contribution >= 4 is 0 Å². The summed E-state index contributed by atoms with van der Waals surface area (Å²) in [6.45, 7) is 9.75. The molecule has 1 saturated heterocycles. The lowest BCUT2D eigenvalue weighted by molar-refractivity contribution is 0.141. The van der Waals surface area contributed by atoms with E-state index in [0.29, 0.717) is 0 Å². The first-order chi connectivity index (χ1) is 8.25. The number of nitrogens with zero attached hydrogens (tertiary/aromatic N) is 1. The lowest BCUT2D eigenvalue weighted by Gasteiger charge is -2.39. The first kappa shape index (κ1) is 13.4. The molecule has 17 heavy (non-hydrogen) atoms. The Morgan fingerprint density at radius 1 is 1.18 bits per heavy atom. The summed E-state index contributed by atoms with van der Waals surface area (Å²) in [6.07, 6.45) is 8.70. The van der Waals surface area contributed by atoms with Gasteiger partial charge in [0.2, 0.25) is 0 Å². The Labute approximate surface area is 107 Å². The van der Waals surface area contributed by atoms with Gasteiger partial charge >= 0.3 is 0 Å². The minimum Gasteiger partial charge on any atom is -0.311 e. The summed E-state index contributed by atoms with van der Waals surface area (Å²) in [5.41, 5.74) is 0. The Morgan fingerprint density at radius 2 is 1.94 bits per heavy atom. The molecule has 1 saturated carbocycles. The monoisotopic (exact) mass is 238 g/mol. The summed E-state index contributed by atoms with van der Waals surface area (Å²) in [7, 11) is 0. The van der Waals surface area contributed by atoms with Crippen molar-refractivity contribution < 1.29 is 0 Å². The molecular weight excluding hydrogens is 208 g/mol. The van der Waals surface area contributed by atoms with Crippen molar-refractivity contribution in [2.75, 3.05) is 26.2 Å². The Bertz CT molecular complexity index is 209. The highest BCUT2D eigenvalue weighted by atomic mass is 15.2. The lowest BCUT2D eigenvalue weighted by Crippen LogP contribution is -2.54. The number of hydrogen-bond donors (Lipinski definition) is 1. The molecule has 1 heterocycles. The molecule has 1 aliphatic carbocycles. The third-order valence-corrected chi connectivity index (χ3v) is 4.53. The van der Waals surface area contributed by atoms with Crippen LogP contribution >= 0.6 is 0 Å². The fourth-order valence-electron chi connectivity index (χ4n) is 3.34. The zero-order valence-corrected chi connectivity index (χ0v) is 11.8. The average Bonchev–Trinajstić information content (AvgIpc) is 2.38. The summed E-state index contributed by atoms with van der Waals surface area (Å²) >= 11 is 0. The predicted molar refractivity (Wildman–Crippen MR) is 74.3 cm³/mol. The number of nitrogens with one attached hydrogen (secondary N) is 1. The van der Waals surface area contributed by atoms with Crippen LogP contribution in [0.25, 0.3) is 0 Å². The first-order valence-corrected chi connectivity index (χ1v) is 7.71. The van der Waals surface area contributed by atoms with Gasteiger partial charge in [-0.3, -0.25) is 0 Å². The van der Waals surface area contributed by atoms with Crippen molar-refractivity contribution in [3.05, 3.63) is 0 Å². The van der Waals surface area contributed by atoms with Crippen molar-refractivity contribution in [1.29, 1.82) is 0 Å². The Morgan fingerprint density at radius 3 is 2.65 bits per heavy atom. The van der Waals surface area contributed by atoms with Gasteiger partial charge in [-0.05, 0) is 37.6 Å². The van der Waals surface area contributed by atoms with Crippen LogP contribution in [0.15, 0.2) is 0 Å². The van der Waals surface area contributed by atoms with E-state index in [1.807, 2.05) is 0 Å². The Balaban J connectivity index is 1.75. The van der Waals surface area contributed by atoms with Crippen molar-refractivity contribution in [3.63, 3.8) is 0 Å². The van der Waals surface area contributed by atoms with Crippen molar-refractivity contribution in [2.45, 2.75) is 58.4 Å². The summed E-state index contributed by atoms with van der Waals surface area (Å²) in [4.78, 5) is 2.69. The Kier molecular flexibility index (Phi) is 5.30. The SMILES string of the molecule is CC(C)CCN1CCNC(C2CCCCC2)C1. The average molecular weight is 238 g/mol. The van der Waals surface area contributed by atoms with Gasteiger partial charge in [0.1, 0.15) is 0 Å². The third kappa shape index (κ3) is 4.26. The number of hydrogen-bond acceptors (Lipinski definition) is 2. The van der Waals surface area contributed by atoms with E-state index in [4.69, 9.17) is 0 Å². The van der Waals surface area contributed by atoms with Gasteiger partial charge in [-0.1, -0.05) is 33.1 Å². The normalized spacial score (nSPS) is 28.8. The third-order valence-electron chi connectivity index (χ3n) is 4.53. The molecule has 2 nitrogen and oxygen atoms in total. The van der Waals surface area contributed by atoms with Crippen LogP contribution in [0.2, 0.25) is 0 Å². The van der Waals surface area contributed by atoms with E-state index in [2.05, 4.69) is 24.1 Å². The molecule has 0 spiro atoms. The smallest absolute Gasteiger partial charge is 0.0223 e. The molecule has 2 fully saturated rings. The van der Waals surface area contributed by atoms with E-state index in [1.54, 1.807) is 0 Å². The fraction of sp³-hybridized carbons (Fsp3) is 1.00. The molecule has 2 heteroatoms. The molecular formula is C15H30N2. The molecule has 1 N–H and O–H groups in total. The van der Waals surface area contributed by atoms with Crippen LogP contribution in [-0.2, 0) is 0 Å². The summed E-state index contributed by atoms with van der Waals surface area (Å²) < 4.78 is 0. The van der Waals surface area contributed by atoms with Gasteiger partial charge < -0.3 is 10.2 Å². The van der Waals surface area contributed by atoms with E-state index in [1.165, 1.54) is 64.7 Å². The van der Waals surface area contributed by atoms with E-state index in [-0.39, 0.29) is 0 Å². The lowest BCUT2D eigenvalue weighted by atomic mass is 9.83. The summed E-state index contributed by atoms with van der Waals surface area (Å²) in [5.74, 6) is 1.81. The van der Waals surface area contributed by atoms with E-state index in [9.17, 15) is 0 Å². The molecule has 0 aromatic rings. The molecule has 0 amide bonds. The maximum atomic E-state index is 3.76. The highest BCUT2D eigenvalue weighted by Gasteiger charge is 2.27. The molecule has 0 radical (unpaired) electrons. The van der Waals surface area contributed by atoms with Gasteiger partial charge in [0, 0.05) is 25.7 Å². The van der Waals surface area contributed by atoms with E-state index in [0.717, 1.165) is 17.9 Å². The van der Waals surface area contributed by atoms with Gasteiger partial charge in [0.15, 0.2) is 0 Å². The number of piperazine rings is 1. The highest BCUT2D eigenvalue weighted by Crippen LogP contribution is 2.27. The van der Waals surface area contributed by atoms with Crippen LogP contribution in [0.3, 0.4) is 0 Å². The van der Waals surface area contributed by atoms with Crippen molar-refractivity contribution in [2.24, 2.45) is 11.8 Å². The van der Waals surface area contributed by atoms with E-state index >= 15 is 0 Å². The maximum Gasteiger partial charge on any atom is 0.0223 e. The Hall–Kier alpha value is -0.0800. The van der Waals surface area contributed by atoms with Crippen LogP contribution in [0.1, 0.15) is 52.4 Å². The predicted octanol–water partition coefficient (Wildman–Crippen LogP) is 2.89. The van der Waals surface area contributed by atoms with E-state index < -0.39 is 0 Å². The largest absolute Gasteiger partial charge is 0.311 e. The van der Waals surface area contributed by atoms with Crippen LogP contribution < -0.4 is 5.32 Å². The quantitative estimate of drug-likeness (QED) is 0.810. The molecule has 1 unspecified atom stereocenters. The molecule has 2 aliphatic rings. The van der Waals surface area contributed by atoms with Gasteiger partial charge in [-0.15, -0.1) is 0 Å².